The molecule has 1 N–H and O–H groups in total. The number of ether oxygens (including phenoxy) is 1. The van der Waals surface area contributed by atoms with Gasteiger partial charge in [-0.3, -0.25) is 4.79 Å². The molecule has 0 saturated carbocycles. The number of hydrogen-bond acceptors (Lipinski definition) is 4. The fraction of sp³-hybridized carbons (Fsp3) is 0.412. The molecule has 0 radical (unpaired) electrons. The van der Waals surface area contributed by atoms with E-state index in [1.165, 1.54) is 6.07 Å². The molecule has 6 heteroatoms. The van der Waals surface area contributed by atoms with Gasteiger partial charge in [0.1, 0.15) is 5.76 Å². The summed E-state index contributed by atoms with van der Waals surface area (Å²) >= 11 is 0. The fourth-order valence-corrected chi connectivity index (χ4v) is 2.88. The number of halogens is 1. The minimum Gasteiger partial charge on any atom is -0.490 e. The number of nitrogens with one attached hydrogen (secondary N) is 1. The Morgan fingerprint density at radius 3 is 3.00 bits per heavy atom. The zero-order valence-corrected chi connectivity index (χ0v) is 13.2. The second-order valence-electron chi connectivity index (χ2n) is 5.75. The van der Waals surface area contributed by atoms with Gasteiger partial charge in [-0.05, 0) is 32.8 Å². The summed E-state index contributed by atoms with van der Waals surface area (Å²) in [5.41, 5.74) is 2.20. The molecule has 0 fully saturated rings. The Balaban J connectivity index is 1.78. The number of carbonyl (C=O) groups is 1. The summed E-state index contributed by atoms with van der Waals surface area (Å²) in [6, 6.07) is 4.55. The highest BCUT2D eigenvalue weighted by Crippen LogP contribution is 2.33. The van der Waals surface area contributed by atoms with Crippen LogP contribution in [0.3, 0.4) is 0 Å². The molecule has 1 aromatic heterocycles. The Morgan fingerprint density at radius 2 is 2.26 bits per heavy atom. The lowest BCUT2D eigenvalue weighted by molar-refractivity contribution is -0.121. The number of rotatable bonds is 3. The van der Waals surface area contributed by atoms with Crippen molar-refractivity contribution in [1.82, 2.24) is 10.5 Å². The predicted molar refractivity (Wildman–Crippen MR) is 81.7 cm³/mol. The summed E-state index contributed by atoms with van der Waals surface area (Å²) in [5.74, 6) is 0.358. The van der Waals surface area contributed by atoms with Gasteiger partial charge in [0.2, 0.25) is 5.91 Å². The summed E-state index contributed by atoms with van der Waals surface area (Å²) in [5, 5.41) is 6.83. The van der Waals surface area contributed by atoms with Crippen LogP contribution in [0.15, 0.2) is 22.7 Å². The van der Waals surface area contributed by atoms with Gasteiger partial charge in [-0.2, -0.15) is 0 Å². The monoisotopic (exact) mass is 318 g/mol. The zero-order valence-electron chi connectivity index (χ0n) is 13.2. The van der Waals surface area contributed by atoms with Gasteiger partial charge in [0, 0.05) is 11.1 Å². The molecule has 23 heavy (non-hydrogen) atoms. The summed E-state index contributed by atoms with van der Waals surface area (Å²) in [6.07, 6.45) is 1.66. The van der Waals surface area contributed by atoms with Crippen LogP contribution in [0.4, 0.5) is 4.39 Å². The van der Waals surface area contributed by atoms with Gasteiger partial charge in [-0.1, -0.05) is 17.3 Å². The molecule has 0 unspecified atom stereocenters. The maximum atomic E-state index is 13.9. The molecule has 0 aliphatic carbocycles. The van der Waals surface area contributed by atoms with E-state index in [4.69, 9.17) is 9.26 Å². The molecule has 1 amide bonds. The highest BCUT2D eigenvalue weighted by Gasteiger charge is 2.24. The minimum atomic E-state index is -0.394. The molecule has 5 nitrogen and oxygen atoms in total. The first-order valence-electron chi connectivity index (χ1n) is 7.68. The summed E-state index contributed by atoms with van der Waals surface area (Å²) < 4.78 is 24.5. The fourth-order valence-electron chi connectivity index (χ4n) is 2.88. The standard InChI is InChI=1S/C17H19FN2O3/c1-10-13(11(2)23-20-10)9-16(21)19-15-7-4-8-22-17-12(15)5-3-6-14(17)18/h3,5-6,15H,4,7-9H2,1-2H3,(H,19,21)/t15-/m0/s1. The molecule has 1 aromatic carbocycles. The normalized spacial score (nSPS) is 17.1. The van der Waals surface area contributed by atoms with Crippen LogP contribution >= 0.6 is 0 Å². The number of amides is 1. The van der Waals surface area contributed by atoms with E-state index in [1.54, 1.807) is 19.1 Å². The summed E-state index contributed by atoms with van der Waals surface area (Å²) in [7, 11) is 0. The predicted octanol–water partition coefficient (Wildman–Crippen LogP) is 3.00. The summed E-state index contributed by atoms with van der Waals surface area (Å²) in [4.78, 5) is 12.4. The Kier molecular flexibility index (Phi) is 4.32. The second-order valence-corrected chi connectivity index (χ2v) is 5.75. The number of carbonyl (C=O) groups excluding carboxylic acids is 1. The third kappa shape index (κ3) is 3.21. The van der Waals surface area contributed by atoms with Crippen LogP contribution in [0, 0.1) is 19.7 Å². The molecule has 0 bridgehead atoms. The number of para-hydroxylation sites is 1. The molecule has 2 aromatic rings. The number of aryl methyl sites for hydroxylation is 2. The van der Waals surface area contributed by atoms with E-state index in [9.17, 15) is 9.18 Å². The van der Waals surface area contributed by atoms with Gasteiger partial charge in [0.25, 0.3) is 0 Å². The highest BCUT2D eigenvalue weighted by molar-refractivity contribution is 5.79. The van der Waals surface area contributed by atoms with Crippen LogP contribution in [0.1, 0.15) is 41.5 Å². The molecular formula is C17H19FN2O3. The van der Waals surface area contributed by atoms with E-state index in [1.807, 2.05) is 6.92 Å². The van der Waals surface area contributed by atoms with Crippen molar-refractivity contribution in [1.29, 1.82) is 0 Å². The lowest BCUT2D eigenvalue weighted by atomic mass is 10.0. The SMILES string of the molecule is Cc1noc(C)c1CC(=O)N[C@H]1CCCOc2c(F)cccc21. The molecule has 3 rings (SSSR count). The van der Waals surface area contributed by atoms with Gasteiger partial charge in [0.05, 0.1) is 24.8 Å². The van der Waals surface area contributed by atoms with Crippen LogP contribution in [0.5, 0.6) is 5.75 Å². The molecule has 2 heterocycles. The first-order chi connectivity index (χ1) is 11.1. The van der Waals surface area contributed by atoms with Gasteiger partial charge in [-0.15, -0.1) is 0 Å². The van der Waals surface area contributed by atoms with Crippen LogP contribution in [0.2, 0.25) is 0 Å². The molecule has 122 valence electrons. The second kappa shape index (κ2) is 6.40. The van der Waals surface area contributed by atoms with Crippen molar-refractivity contribution >= 4 is 5.91 Å². The number of nitrogens with zero attached hydrogens (tertiary/aromatic N) is 1. The lowest BCUT2D eigenvalue weighted by Gasteiger charge is -2.18. The number of aromatic nitrogens is 1. The topological polar surface area (TPSA) is 64.4 Å². The van der Waals surface area contributed by atoms with Crippen LogP contribution in [0.25, 0.3) is 0 Å². The zero-order chi connectivity index (χ0) is 16.4. The van der Waals surface area contributed by atoms with Crippen LogP contribution in [-0.2, 0) is 11.2 Å². The van der Waals surface area contributed by atoms with Gasteiger partial charge in [-0.25, -0.2) is 4.39 Å². The highest BCUT2D eigenvalue weighted by atomic mass is 19.1. The Morgan fingerprint density at radius 1 is 1.43 bits per heavy atom. The van der Waals surface area contributed by atoms with Crippen LogP contribution in [-0.4, -0.2) is 17.7 Å². The van der Waals surface area contributed by atoms with Crippen molar-refractivity contribution in [2.45, 2.75) is 39.2 Å². The molecule has 1 aliphatic heterocycles. The molecule has 0 spiro atoms. The third-order valence-electron chi connectivity index (χ3n) is 4.11. The number of hydrogen-bond donors (Lipinski definition) is 1. The van der Waals surface area contributed by atoms with Crippen molar-refractivity contribution in [3.63, 3.8) is 0 Å². The minimum absolute atomic E-state index is 0.137. The Bertz CT molecular complexity index is 707. The lowest BCUT2D eigenvalue weighted by Crippen LogP contribution is -2.30. The average Bonchev–Trinajstić information content (AvgIpc) is 2.73. The third-order valence-corrected chi connectivity index (χ3v) is 4.11. The van der Waals surface area contributed by atoms with Crippen LogP contribution < -0.4 is 10.1 Å². The maximum Gasteiger partial charge on any atom is 0.225 e. The molecule has 0 saturated heterocycles. The van der Waals surface area contributed by atoms with Crippen molar-refractivity contribution < 1.29 is 18.4 Å². The van der Waals surface area contributed by atoms with Crippen molar-refractivity contribution in [2.75, 3.05) is 6.61 Å². The van der Waals surface area contributed by atoms with E-state index in [2.05, 4.69) is 10.5 Å². The first kappa shape index (κ1) is 15.5. The summed E-state index contributed by atoms with van der Waals surface area (Å²) in [6.45, 7) is 4.04. The molecule has 1 atom stereocenters. The first-order valence-corrected chi connectivity index (χ1v) is 7.68. The van der Waals surface area contributed by atoms with E-state index in [0.717, 1.165) is 12.0 Å². The van der Waals surface area contributed by atoms with Gasteiger partial charge < -0.3 is 14.6 Å². The van der Waals surface area contributed by atoms with Crippen molar-refractivity contribution in [2.24, 2.45) is 0 Å². The molecule has 1 aliphatic rings. The molecular weight excluding hydrogens is 299 g/mol. The van der Waals surface area contributed by atoms with E-state index in [-0.39, 0.29) is 24.1 Å². The van der Waals surface area contributed by atoms with Gasteiger partial charge >= 0.3 is 0 Å². The van der Waals surface area contributed by atoms with Gasteiger partial charge in [0.15, 0.2) is 11.6 Å². The average molecular weight is 318 g/mol. The van der Waals surface area contributed by atoms with E-state index >= 15 is 0 Å². The number of benzene rings is 1. The van der Waals surface area contributed by atoms with E-state index < -0.39 is 5.82 Å². The number of fused-ring (bicyclic) bond motifs is 1. The van der Waals surface area contributed by atoms with Crippen molar-refractivity contribution in [3.8, 4) is 5.75 Å². The van der Waals surface area contributed by atoms with E-state index in [0.29, 0.717) is 30.0 Å². The largest absolute Gasteiger partial charge is 0.490 e. The van der Waals surface area contributed by atoms with Crippen molar-refractivity contribution in [3.05, 3.63) is 46.6 Å². The Labute approximate surface area is 133 Å². The quantitative estimate of drug-likeness (QED) is 0.945. The maximum absolute atomic E-state index is 13.9. The smallest absolute Gasteiger partial charge is 0.225 e. The Hall–Kier alpha value is -2.37.